The van der Waals surface area contributed by atoms with Gasteiger partial charge >= 0.3 is 0 Å². The van der Waals surface area contributed by atoms with Crippen LogP contribution in [0, 0.1) is 0 Å². The molecule has 2 N–H and O–H groups in total. The highest BCUT2D eigenvalue weighted by atomic mass is 16.5. The molecule has 0 amide bonds. The predicted octanol–water partition coefficient (Wildman–Crippen LogP) is 0.694. The van der Waals surface area contributed by atoms with E-state index >= 15 is 0 Å². The van der Waals surface area contributed by atoms with E-state index in [9.17, 15) is 0 Å². The minimum absolute atomic E-state index is 0.606. The zero-order valence-electron chi connectivity index (χ0n) is 5.50. The summed E-state index contributed by atoms with van der Waals surface area (Å²) in [6.45, 7) is 1.30. The van der Waals surface area contributed by atoms with Crippen LogP contribution in [0.2, 0.25) is 0 Å². The smallest absolute Gasteiger partial charge is 0.129 e. The van der Waals surface area contributed by atoms with E-state index in [0.29, 0.717) is 19.0 Å². The summed E-state index contributed by atoms with van der Waals surface area (Å²) < 4.78 is 5.18. The van der Waals surface area contributed by atoms with E-state index in [1.165, 1.54) is 5.56 Å². The molecule has 1 aliphatic rings. The summed E-state index contributed by atoms with van der Waals surface area (Å²) in [5.41, 5.74) is 7.81. The Morgan fingerprint density at radius 2 is 2.40 bits per heavy atom. The number of nitrogen functional groups attached to an aromatic ring is 1. The van der Waals surface area contributed by atoms with Crippen molar-refractivity contribution in [3.63, 3.8) is 0 Å². The highest BCUT2D eigenvalue weighted by Crippen LogP contribution is 2.22. The van der Waals surface area contributed by atoms with Crippen molar-refractivity contribution in [1.82, 2.24) is 4.98 Å². The summed E-state index contributed by atoms with van der Waals surface area (Å²) >= 11 is 0. The first-order valence-corrected chi connectivity index (χ1v) is 3.18. The van der Waals surface area contributed by atoms with Gasteiger partial charge in [-0.1, -0.05) is 0 Å². The van der Waals surface area contributed by atoms with Crippen LogP contribution in [-0.4, -0.2) is 4.98 Å². The molecule has 52 valence electrons. The van der Waals surface area contributed by atoms with Crippen LogP contribution in [-0.2, 0) is 18.0 Å². The van der Waals surface area contributed by atoms with E-state index in [1.807, 2.05) is 6.07 Å². The maximum atomic E-state index is 5.58. The number of anilines is 1. The number of rotatable bonds is 0. The first kappa shape index (κ1) is 5.68. The molecule has 0 unspecified atom stereocenters. The van der Waals surface area contributed by atoms with Crippen molar-refractivity contribution >= 4 is 5.82 Å². The van der Waals surface area contributed by atoms with Crippen LogP contribution in [0.25, 0.3) is 0 Å². The lowest BCUT2D eigenvalue weighted by atomic mass is 10.2. The molecule has 2 rings (SSSR count). The summed E-state index contributed by atoms with van der Waals surface area (Å²) in [4.78, 5) is 3.95. The Labute approximate surface area is 58.8 Å². The number of hydrogen-bond acceptors (Lipinski definition) is 3. The minimum Gasteiger partial charge on any atom is -0.383 e. The third kappa shape index (κ3) is 0.675. The van der Waals surface area contributed by atoms with Crippen molar-refractivity contribution in [1.29, 1.82) is 0 Å². The van der Waals surface area contributed by atoms with E-state index in [-0.39, 0.29) is 0 Å². The second-order valence-corrected chi connectivity index (χ2v) is 2.33. The quantitative estimate of drug-likeness (QED) is 0.571. The first-order valence-electron chi connectivity index (χ1n) is 3.18. The van der Waals surface area contributed by atoms with Gasteiger partial charge in [0.1, 0.15) is 5.82 Å². The van der Waals surface area contributed by atoms with Gasteiger partial charge < -0.3 is 10.5 Å². The Morgan fingerprint density at radius 3 is 3.20 bits per heavy atom. The van der Waals surface area contributed by atoms with Gasteiger partial charge in [-0.2, -0.15) is 0 Å². The van der Waals surface area contributed by atoms with E-state index in [2.05, 4.69) is 4.98 Å². The molecule has 1 aromatic heterocycles. The summed E-state index contributed by atoms with van der Waals surface area (Å²) in [6, 6.07) is 1.94. The Balaban J connectivity index is 2.59. The first-order chi connectivity index (χ1) is 4.88. The number of nitrogens with zero attached hydrogens (tertiary/aromatic N) is 1. The third-order valence-corrected chi connectivity index (χ3v) is 1.69. The fourth-order valence-corrected chi connectivity index (χ4v) is 1.12. The van der Waals surface area contributed by atoms with Crippen molar-refractivity contribution in [2.75, 3.05) is 5.73 Å². The maximum absolute atomic E-state index is 5.58. The number of hydrogen-bond donors (Lipinski definition) is 1. The van der Waals surface area contributed by atoms with Gasteiger partial charge in [0.15, 0.2) is 0 Å². The van der Waals surface area contributed by atoms with Crippen LogP contribution < -0.4 is 5.73 Å². The van der Waals surface area contributed by atoms with Crippen molar-refractivity contribution in [3.05, 3.63) is 23.4 Å². The summed E-state index contributed by atoms with van der Waals surface area (Å²) in [5, 5.41) is 0. The molecule has 0 bridgehead atoms. The SMILES string of the molecule is Nc1nccc2c1COC2. The molecule has 0 aromatic carbocycles. The van der Waals surface area contributed by atoms with Gasteiger partial charge in [-0.25, -0.2) is 4.98 Å². The van der Waals surface area contributed by atoms with Gasteiger partial charge in [-0.15, -0.1) is 0 Å². The van der Waals surface area contributed by atoms with Crippen molar-refractivity contribution in [2.45, 2.75) is 13.2 Å². The minimum atomic E-state index is 0.606. The van der Waals surface area contributed by atoms with E-state index in [0.717, 1.165) is 5.56 Å². The van der Waals surface area contributed by atoms with Gasteiger partial charge in [0.05, 0.1) is 13.2 Å². The molecule has 10 heavy (non-hydrogen) atoms. The normalized spacial score (nSPS) is 15.2. The number of ether oxygens (including phenoxy) is 1. The van der Waals surface area contributed by atoms with E-state index in [4.69, 9.17) is 10.5 Å². The molecule has 0 fully saturated rings. The highest BCUT2D eigenvalue weighted by molar-refractivity contribution is 5.44. The van der Waals surface area contributed by atoms with E-state index < -0.39 is 0 Å². The molecule has 0 spiro atoms. The van der Waals surface area contributed by atoms with Crippen LogP contribution in [0.5, 0.6) is 0 Å². The van der Waals surface area contributed by atoms with Gasteiger partial charge in [0, 0.05) is 11.8 Å². The molecular weight excluding hydrogens is 128 g/mol. The molecular formula is C7H8N2O. The number of nitrogens with two attached hydrogens (primary N) is 1. The predicted molar refractivity (Wildman–Crippen MR) is 37.1 cm³/mol. The lowest BCUT2D eigenvalue weighted by Gasteiger charge is -1.97. The van der Waals surface area contributed by atoms with Gasteiger partial charge in [-0.05, 0) is 11.6 Å². The standard InChI is InChI=1S/C7H8N2O/c8-7-6-4-10-3-5(6)1-2-9-7/h1-2H,3-4H2,(H2,8,9). The monoisotopic (exact) mass is 136 g/mol. The summed E-state index contributed by atoms with van der Waals surface area (Å²) in [5.74, 6) is 0.606. The molecule has 2 heterocycles. The van der Waals surface area contributed by atoms with Crippen LogP contribution >= 0.6 is 0 Å². The Kier molecular flexibility index (Phi) is 1.11. The molecule has 1 aromatic rings. The molecule has 3 nitrogen and oxygen atoms in total. The van der Waals surface area contributed by atoms with Crippen LogP contribution in [0.4, 0.5) is 5.82 Å². The topological polar surface area (TPSA) is 48.1 Å². The number of aromatic nitrogens is 1. The molecule has 0 saturated carbocycles. The van der Waals surface area contributed by atoms with Gasteiger partial charge in [-0.3, -0.25) is 0 Å². The lowest BCUT2D eigenvalue weighted by Crippen LogP contribution is -1.95. The molecule has 3 heteroatoms. The summed E-state index contributed by atoms with van der Waals surface area (Å²) in [6.07, 6.45) is 1.71. The Bertz CT molecular complexity index is 260. The molecule has 0 atom stereocenters. The average Bonchev–Trinajstić information content (AvgIpc) is 2.36. The maximum Gasteiger partial charge on any atom is 0.129 e. The highest BCUT2D eigenvalue weighted by Gasteiger charge is 2.13. The van der Waals surface area contributed by atoms with E-state index in [1.54, 1.807) is 6.20 Å². The lowest BCUT2D eigenvalue weighted by molar-refractivity contribution is 0.134. The van der Waals surface area contributed by atoms with Crippen LogP contribution in [0.15, 0.2) is 12.3 Å². The second-order valence-electron chi connectivity index (χ2n) is 2.33. The molecule has 0 saturated heterocycles. The molecule has 0 aliphatic carbocycles. The average molecular weight is 136 g/mol. The third-order valence-electron chi connectivity index (χ3n) is 1.69. The molecule has 1 aliphatic heterocycles. The van der Waals surface area contributed by atoms with Crippen molar-refractivity contribution in [3.8, 4) is 0 Å². The van der Waals surface area contributed by atoms with Crippen LogP contribution in [0.3, 0.4) is 0 Å². The number of pyridine rings is 1. The second kappa shape index (κ2) is 1.95. The van der Waals surface area contributed by atoms with Gasteiger partial charge in [0.2, 0.25) is 0 Å². The van der Waals surface area contributed by atoms with Crippen LogP contribution in [0.1, 0.15) is 11.1 Å². The largest absolute Gasteiger partial charge is 0.383 e. The van der Waals surface area contributed by atoms with Crippen molar-refractivity contribution < 1.29 is 4.74 Å². The zero-order chi connectivity index (χ0) is 6.97. The van der Waals surface area contributed by atoms with Crippen molar-refractivity contribution in [2.24, 2.45) is 0 Å². The fraction of sp³-hybridized carbons (Fsp3) is 0.286. The number of fused-ring (bicyclic) bond motifs is 1. The summed E-state index contributed by atoms with van der Waals surface area (Å²) in [7, 11) is 0. The molecule has 0 radical (unpaired) electrons. The van der Waals surface area contributed by atoms with Gasteiger partial charge in [0.25, 0.3) is 0 Å². The Hall–Kier alpha value is -1.09. The zero-order valence-corrected chi connectivity index (χ0v) is 5.50. The fourth-order valence-electron chi connectivity index (χ4n) is 1.12. The Morgan fingerprint density at radius 1 is 1.50 bits per heavy atom.